The van der Waals surface area contributed by atoms with Crippen LogP contribution in [-0.4, -0.2) is 40.0 Å². The zero-order valence-corrected chi connectivity index (χ0v) is 20.8. The average Bonchev–Trinajstić information content (AvgIpc) is 3.44. The van der Waals surface area contributed by atoms with E-state index in [0.29, 0.717) is 31.6 Å². The lowest BCUT2D eigenvalue weighted by Gasteiger charge is -2.53. The number of aryl methyl sites for hydroxylation is 1. The van der Waals surface area contributed by atoms with Crippen molar-refractivity contribution in [2.75, 3.05) is 24.7 Å². The molecule has 3 aromatic rings. The molecule has 4 nitrogen and oxygen atoms in total. The molecule has 2 fully saturated rings. The van der Waals surface area contributed by atoms with E-state index >= 15 is 0 Å². The highest BCUT2D eigenvalue weighted by Gasteiger charge is 2.59. The number of hydrogen-bond acceptors (Lipinski definition) is 4. The number of rotatable bonds is 5. The smallest absolute Gasteiger partial charge is 0.226 e. The van der Waals surface area contributed by atoms with Gasteiger partial charge in [-0.1, -0.05) is 55.5 Å². The molecule has 33 heavy (non-hydrogen) atoms. The Bertz CT molecular complexity index is 1190. The van der Waals surface area contributed by atoms with Gasteiger partial charge in [-0.15, -0.1) is 23.5 Å². The first-order valence-electron chi connectivity index (χ1n) is 11.9. The summed E-state index contributed by atoms with van der Waals surface area (Å²) in [6.07, 6.45) is 1.05. The molecule has 6 heteroatoms. The number of fused-ring (bicyclic) bond motifs is 8. The number of carbonyl (C=O) groups is 1. The maximum Gasteiger partial charge on any atom is 0.226 e. The van der Waals surface area contributed by atoms with Gasteiger partial charge in [-0.3, -0.25) is 4.79 Å². The van der Waals surface area contributed by atoms with Crippen LogP contribution in [0.5, 0.6) is 0 Å². The molecule has 0 radical (unpaired) electrons. The number of aromatic nitrogens is 1. The number of ether oxygens (including phenoxy) is 1. The Morgan fingerprint density at radius 1 is 1.06 bits per heavy atom. The van der Waals surface area contributed by atoms with Crippen molar-refractivity contribution >= 4 is 40.3 Å². The number of hydrogen-bond donors (Lipinski definition) is 0. The molecular formula is C27H30N2O2S2. The van der Waals surface area contributed by atoms with Gasteiger partial charge in [0.15, 0.2) is 0 Å². The fraction of sp³-hybridized carbons (Fsp3) is 0.444. The predicted octanol–water partition coefficient (Wildman–Crippen LogP) is 5.57. The summed E-state index contributed by atoms with van der Waals surface area (Å²) >= 11 is 4.16. The minimum atomic E-state index is -0.00935. The van der Waals surface area contributed by atoms with E-state index in [4.69, 9.17) is 4.74 Å². The zero-order chi connectivity index (χ0) is 22.6. The summed E-state index contributed by atoms with van der Waals surface area (Å²) in [4.78, 5) is 15.9. The highest BCUT2D eigenvalue weighted by molar-refractivity contribution is 8.20. The number of amides is 1. The van der Waals surface area contributed by atoms with Gasteiger partial charge < -0.3 is 14.2 Å². The number of carbonyl (C=O) groups excluding carboxylic acids is 1. The van der Waals surface area contributed by atoms with Gasteiger partial charge >= 0.3 is 0 Å². The maximum atomic E-state index is 13.7. The number of benzene rings is 2. The summed E-state index contributed by atoms with van der Waals surface area (Å²) in [5.74, 6) is 3.00. The summed E-state index contributed by atoms with van der Waals surface area (Å²) in [5, 5.41) is 1.31. The first-order chi connectivity index (χ1) is 16.1. The first-order valence-corrected chi connectivity index (χ1v) is 13.9. The van der Waals surface area contributed by atoms with Crippen molar-refractivity contribution in [1.82, 2.24) is 9.47 Å². The number of thioether (sulfide) groups is 2. The molecule has 0 N–H and O–H groups in total. The van der Waals surface area contributed by atoms with Crippen LogP contribution in [0.2, 0.25) is 0 Å². The van der Waals surface area contributed by atoms with Crippen LogP contribution in [0.25, 0.3) is 10.9 Å². The van der Waals surface area contributed by atoms with Crippen molar-refractivity contribution in [1.29, 1.82) is 0 Å². The lowest BCUT2D eigenvalue weighted by atomic mass is 9.71. The molecule has 3 aliphatic rings. The summed E-state index contributed by atoms with van der Waals surface area (Å²) in [5.41, 5.74) is 5.28. The minimum absolute atomic E-state index is 0.00935. The van der Waals surface area contributed by atoms with Crippen LogP contribution < -0.4 is 0 Å². The molecule has 6 rings (SSSR count). The number of likely N-dealkylation sites (tertiary alicyclic amines) is 1. The largest absolute Gasteiger partial charge is 0.375 e. The van der Waals surface area contributed by atoms with E-state index in [9.17, 15) is 4.79 Å². The summed E-state index contributed by atoms with van der Waals surface area (Å²) in [6.45, 7) is 3.95. The van der Waals surface area contributed by atoms with Gasteiger partial charge in [0.1, 0.15) is 4.08 Å². The Morgan fingerprint density at radius 2 is 1.79 bits per heavy atom. The van der Waals surface area contributed by atoms with Gasteiger partial charge in [0.2, 0.25) is 5.91 Å². The van der Waals surface area contributed by atoms with Gasteiger partial charge in [-0.2, -0.15) is 0 Å². The van der Waals surface area contributed by atoms with Crippen LogP contribution >= 0.6 is 23.5 Å². The molecule has 2 bridgehead atoms. The number of para-hydroxylation sites is 1. The van der Waals surface area contributed by atoms with Crippen LogP contribution in [0.15, 0.2) is 54.6 Å². The molecule has 1 amide bonds. The average molecular weight is 479 g/mol. The van der Waals surface area contributed by atoms with Crippen LogP contribution in [0.4, 0.5) is 0 Å². The predicted molar refractivity (Wildman–Crippen MR) is 137 cm³/mol. The monoisotopic (exact) mass is 478 g/mol. The number of piperidine rings is 1. The highest BCUT2D eigenvalue weighted by Crippen LogP contribution is 2.67. The molecule has 1 spiro atoms. The van der Waals surface area contributed by atoms with Crippen LogP contribution in [0, 0.1) is 11.8 Å². The van der Waals surface area contributed by atoms with Crippen molar-refractivity contribution in [3.63, 3.8) is 0 Å². The normalized spacial score (nSPS) is 25.7. The highest BCUT2D eigenvalue weighted by atomic mass is 32.2. The summed E-state index contributed by atoms with van der Waals surface area (Å²) in [7, 11) is 2.23. The van der Waals surface area contributed by atoms with E-state index in [2.05, 4.69) is 83.4 Å². The Kier molecular flexibility index (Phi) is 5.51. The van der Waals surface area contributed by atoms with Crippen LogP contribution in [0.1, 0.15) is 36.2 Å². The minimum Gasteiger partial charge on any atom is -0.375 e. The van der Waals surface area contributed by atoms with E-state index in [1.54, 1.807) is 0 Å². The van der Waals surface area contributed by atoms with Crippen molar-refractivity contribution in [2.24, 2.45) is 18.9 Å². The first kappa shape index (κ1) is 21.6. The zero-order valence-electron chi connectivity index (χ0n) is 19.2. The van der Waals surface area contributed by atoms with Gasteiger partial charge in [-0.25, -0.2) is 0 Å². The third-order valence-electron chi connectivity index (χ3n) is 7.73. The van der Waals surface area contributed by atoms with E-state index in [1.807, 2.05) is 18.2 Å². The van der Waals surface area contributed by atoms with Gasteiger partial charge in [0.25, 0.3) is 0 Å². The maximum absolute atomic E-state index is 13.7. The molecule has 2 aliphatic heterocycles. The van der Waals surface area contributed by atoms with Gasteiger partial charge in [0.05, 0.1) is 24.9 Å². The molecule has 1 aromatic heterocycles. The van der Waals surface area contributed by atoms with Crippen LogP contribution in [0.3, 0.4) is 0 Å². The van der Waals surface area contributed by atoms with E-state index in [1.165, 1.54) is 27.7 Å². The molecule has 172 valence electrons. The SMILES string of the molecule is C[C@@H]1C(=O)N(CCOCc2ccccc2)[C@H]2C[C@@H]1C1(SCCS1)c1c2c2ccccc2n1C. The molecule has 3 atom stereocenters. The standard InChI is InChI=1S/C27H30N2O2S2/c1-18-21-16-23(29(26(18)30)12-13-31-17-19-8-4-3-5-9-19)24-20-10-6-7-11-22(20)28(2)25(24)27(21)32-14-15-33-27/h3-11,18,21,23H,12-17H2,1-2H3/t18-,21-,23-/m0/s1. The van der Waals surface area contributed by atoms with Crippen LogP contribution in [-0.2, 0) is 27.3 Å². The van der Waals surface area contributed by atoms with Gasteiger partial charge in [0, 0.05) is 53.4 Å². The molecule has 3 heterocycles. The van der Waals surface area contributed by atoms with Crippen molar-refractivity contribution in [3.8, 4) is 0 Å². The fourth-order valence-corrected chi connectivity index (χ4v) is 10.1. The van der Waals surface area contributed by atoms with E-state index < -0.39 is 0 Å². The molecule has 0 unspecified atom stereocenters. The Hall–Kier alpha value is -1.89. The number of nitrogens with zero attached hydrogens (tertiary/aromatic N) is 2. The summed E-state index contributed by atoms with van der Waals surface area (Å²) < 4.78 is 8.43. The fourth-order valence-electron chi connectivity index (χ4n) is 6.25. The van der Waals surface area contributed by atoms with Crippen molar-refractivity contribution in [3.05, 3.63) is 71.4 Å². The van der Waals surface area contributed by atoms with E-state index in [-0.39, 0.29) is 16.0 Å². The van der Waals surface area contributed by atoms with E-state index in [0.717, 1.165) is 17.9 Å². The third kappa shape index (κ3) is 3.28. The third-order valence-corrected chi connectivity index (χ3v) is 11.4. The lowest BCUT2D eigenvalue weighted by Crippen LogP contribution is -2.54. The Balaban J connectivity index is 1.36. The van der Waals surface area contributed by atoms with Gasteiger partial charge in [-0.05, 0) is 18.1 Å². The molecule has 0 saturated carbocycles. The molecule has 2 saturated heterocycles. The second-order valence-electron chi connectivity index (χ2n) is 9.42. The van der Waals surface area contributed by atoms with Crippen molar-refractivity contribution < 1.29 is 9.53 Å². The summed E-state index contributed by atoms with van der Waals surface area (Å²) in [6, 6.07) is 19.1. The Morgan fingerprint density at radius 3 is 2.58 bits per heavy atom. The lowest BCUT2D eigenvalue weighted by molar-refractivity contribution is -0.147. The topological polar surface area (TPSA) is 34.5 Å². The second kappa shape index (κ2) is 8.40. The Labute approximate surface area is 204 Å². The second-order valence-corrected chi connectivity index (χ2v) is 12.4. The quantitative estimate of drug-likeness (QED) is 0.449. The molecule has 2 aromatic carbocycles. The molecular weight excluding hydrogens is 448 g/mol. The van der Waals surface area contributed by atoms with Crippen molar-refractivity contribution in [2.45, 2.75) is 30.1 Å². The molecule has 1 aliphatic carbocycles.